The van der Waals surface area contributed by atoms with Crippen molar-refractivity contribution in [3.63, 3.8) is 0 Å². The molecule has 0 saturated heterocycles. The molecule has 0 saturated carbocycles. The van der Waals surface area contributed by atoms with Gasteiger partial charge >= 0.3 is 0 Å². The van der Waals surface area contributed by atoms with Gasteiger partial charge in [-0.1, -0.05) is 13.3 Å². The maximum absolute atomic E-state index is 3.12. The van der Waals surface area contributed by atoms with Gasteiger partial charge in [0, 0.05) is 6.54 Å². The Morgan fingerprint density at radius 2 is 2.29 bits per heavy atom. The van der Waals surface area contributed by atoms with Crippen LogP contribution in [0.25, 0.3) is 0 Å². The van der Waals surface area contributed by atoms with Crippen LogP contribution in [0.5, 0.6) is 0 Å². The minimum Gasteiger partial charge on any atom is -0.313 e. The fourth-order valence-electron chi connectivity index (χ4n) is 0.423. The lowest BCUT2D eigenvalue weighted by molar-refractivity contribution is 0.706. The Balaban J connectivity index is 2.45. The average molecular weight is 100 g/mol. The van der Waals surface area contributed by atoms with Gasteiger partial charge in [-0.25, -0.2) is 0 Å². The van der Waals surface area contributed by atoms with Crippen molar-refractivity contribution in [1.29, 1.82) is 0 Å². The molecule has 0 amide bonds. The summed E-state index contributed by atoms with van der Waals surface area (Å²) in [5.41, 5.74) is 0. The first-order valence-corrected chi connectivity index (χ1v) is 2.93. The highest BCUT2D eigenvalue weighted by molar-refractivity contribution is 4.50. The second-order valence-electron chi connectivity index (χ2n) is 1.60. The number of rotatable bonds is 4. The summed E-state index contributed by atoms with van der Waals surface area (Å²) in [6.07, 6.45) is 2.56. The van der Waals surface area contributed by atoms with E-state index in [-0.39, 0.29) is 0 Å². The van der Waals surface area contributed by atoms with Gasteiger partial charge < -0.3 is 5.32 Å². The SMILES string of the molecule is C[CH]NCCCC. The molecule has 0 aliphatic carbocycles. The molecule has 0 aromatic heterocycles. The van der Waals surface area contributed by atoms with E-state index >= 15 is 0 Å². The average Bonchev–Trinajstić information content (AvgIpc) is 1.69. The molecule has 0 spiro atoms. The molecule has 1 heteroatoms. The Morgan fingerprint density at radius 3 is 2.71 bits per heavy atom. The maximum Gasteiger partial charge on any atom is 0.0190 e. The van der Waals surface area contributed by atoms with E-state index in [0.717, 1.165) is 6.54 Å². The molecule has 0 rings (SSSR count). The van der Waals surface area contributed by atoms with Crippen LogP contribution in [0.2, 0.25) is 0 Å². The van der Waals surface area contributed by atoms with E-state index < -0.39 is 0 Å². The first-order chi connectivity index (χ1) is 3.41. The highest BCUT2D eigenvalue weighted by Crippen LogP contribution is 1.81. The fraction of sp³-hybridized carbons (Fsp3) is 0.833. The van der Waals surface area contributed by atoms with Gasteiger partial charge in [0.2, 0.25) is 0 Å². The third kappa shape index (κ3) is 5.96. The number of hydrogen-bond donors (Lipinski definition) is 1. The van der Waals surface area contributed by atoms with Crippen molar-refractivity contribution in [1.82, 2.24) is 5.32 Å². The Hall–Kier alpha value is -0.0400. The maximum atomic E-state index is 3.12. The second-order valence-corrected chi connectivity index (χ2v) is 1.60. The summed E-state index contributed by atoms with van der Waals surface area (Å²) >= 11 is 0. The Bertz CT molecular complexity index is 23.4. The van der Waals surface area contributed by atoms with Crippen molar-refractivity contribution in [2.45, 2.75) is 26.7 Å². The molecule has 0 aliphatic rings. The van der Waals surface area contributed by atoms with E-state index in [4.69, 9.17) is 0 Å². The van der Waals surface area contributed by atoms with Gasteiger partial charge in [-0.05, 0) is 19.9 Å². The quantitative estimate of drug-likeness (QED) is 0.529. The van der Waals surface area contributed by atoms with Crippen LogP contribution in [-0.2, 0) is 0 Å². The second kappa shape index (κ2) is 5.96. The molecule has 0 aliphatic heterocycles. The third-order valence-electron chi connectivity index (χ3n) is 0.879. The lowest BCUT2D eigenvalue weighted by Crippen LogP contribution is -2.08. The normalized spacial score (nSPS) is 9.43. The van der Waals surface area contributed by atoms with Gasteiger partial charge in [-0.3, -0.25) is 0 Å². The summed E-state index contributed by atoms with van der Waals surface area (Å²) in [6.45, 7) is 7.32. The predicted molar refractivity (Wildman–Crippen MR) is 32.9 cm³/mol. The molecule has 0 heterocycles. The Kier molecular flexibility index (Phi) is 5.93. The molecular formula is C6H14N. The van der Waals surface area contributed by atoms with Crippen LogP contribution in [0.3, 0.4) is 0 Å². The largest absolute Gasteiger partial charge is 0.313 e. The molecule has 0 bridgehead atoms. The van der Waals surface area contributed by atoms with Crippen LogP contribution in [-0.4, -0.2) is 6.54 Å². The topological polar surface area (TPSA) is 12.0 Å². The van der Waals surface area contributed by atoms with Gasteiger partial charge in [-0.15, -0.1) is 0 Å². The zero-order chi connectivity index (χ0) is 5.54. The zero-order valence-corrected chi connectivity index (χ0v) is 5.20. The minimum atomic E-state index is 1.13. The molecule has 7 heavy (non-hydrogen) atoms. The number of hydrogen-bond acceptors (Lipinski definition) is 1. The van der Waals surface area contributed by atoms with Gasteiger partial charge in [0.15, 0.2) is 0 Å². The van der Waals surface area contributed by atoms with Gasteiger partial charge in [0.25, 0.3) is 0 Å². The molecule has 1 N–H and O–H groups in total. The smallest absolute Gasteiger partial charge is 0.0190 e. The third-order valence-corrected chi connectivity index (χ3v) is 0.879. The summed E-state index contributed by atoms with van der Waals surface area (Å²) in [7, 11) is 0. The number of nitrogens with one attached hydrogen (secondary N) is 1. The van der Waals surface area contributed by atoms with Crippen molar-refractivity contribution in [3.05, 3.63) is 6.54 Å². The van der Waals surface area contributed by atoms with E-state index in [2.05, 4.69) is 12.2 Å². The highest BCUT2D eigenvalue weighted by atomic mass is 14.8. The highest BCUT2D eigenvalue weighted by Gasteiger charge is 1.77. The molecule has 1 radical (unpaired) electrons. The van der Waals surface area contributed by atoms with E-state index in [1.165, 1.54) is 12.8 Å². The number of unbranched alkanes of at least 4 members (excludes halogenated alkanes) is 1. The molecule has 0 fully saturated rings. The summed E-state index contributed by atoms with van der Waals surface area (Å²) < 4.78 is 0. The molecule has 0 atom stereocenters. The summed E-state index contributed by atoms with van der Waals surface area (Å²) in [5, 5.41) is 3.12. The van der Waals surface area contributed by atoms with Crippen LogP contribution in [0.15, 0.2) is 0 Å². The summed E-state index contributed by atoms with van der Waals surface area (Å²) in [6, 6.07) is 0. The van der Waals surface area contributed by atoms with Crippen LogP contribution < -0.4 is 5.32 Å². The zero-order valence-electron chi connectivity index (χ0n) is 5.20. The molecular weight excluding hydrogens is 86.1 g/mol. The molecule has 1 nitrogen and oxygen atoms in total. The van der Waals surface area contributed by atoms with Crippen LogP contribution in [0.1, 0.15) is 26.7 Å². The molecule has 0 unspecified atom stereocenters. The van der Waals surface area contributed by atoms with E-state index in [1.54, 1.807) is 0 Å². The van der Waals surface area contributed by atoms with Gasteiger partial charge in [0.05, 0.1) is 0 Å². The Labute approximate surface area is 46.1 Å². The molecule has 43 valence electrons. The Morgan fingerprint density at radius 1 is 1.57 bits per heavy atom. The minimum absolute atomic E-state index is 1.13. The lowest BCUT2D eigenvalue weighted by atomic mass is 10.3. The van der Waals surface area contributed by atoms with Crippen molar-refractivity contribution in [2.24, 2.45) is 0 Å². The van der Waals surface area contributed by atoms with Gasteiger partial charge in [0.1, 0.15) is 0 Å². The van der Waals surface area contributed by atoms with Crippen molar-refractivity contribution in [3.8, 4) is 0 Å². The van der Waals surface area contributed by atoms with Crippen LogP contribution >= 0.6 is 0 Å². The monoisotopic (exact) mass is 100 g/mol. The van der Waals surface area contributed by atoms with Crippen LogP contribution in [0, 0.1) is 6.54 Å². The van der Waals surface area contributed by atoms with Gasteiger partial charge in [-0.2, -0.15) is 0 Å². The van der Waals surface area contributed by atoms with Crippen molar-refractivity contribution < 1.29 is 0 Å². The predicted octanol–water partition coefficient (Wildman–Crippen LogP) is 1.56. The summed E-state index contributed by atoms with van der Waals surface area (Å²) in [4.78, 5) is 0. The standard InChI is InChI=1S/C6H14N/c1-3-5-6-7-4-2/h4,7H,3,5-6H2,1-2H3. The fourth-order valence-corrected chi connectivity index (χ4v) is 0.423. The first-order valence-electron chi connectivity index (χ1n) is 2.93. The van der Waals surface area contributed by atoms with E-state index in [1.807, 2.05) is 13.5 Å². The van der Waals surface area contributed by atoms with Crippen LogP contribution in [0.4, 0.5) is 0 Å². The summed E-state index contributed by atoms with van der Waals surface area (Å²) in [5.74, 6) is 0. The molecule has 0 aromatic carbocycles. The van der Waals surface area contributed by atoms with Crippen molar-refractivity contribution in [2.75, 3.05) is 6.54 Å². The molecule has 0 aromatic rings. The lowest BCUT2D eigenvalue weighted by Gasteiger charge is -1.94. The first kappa shape index (κ1) is 6.96. The van der Waals surface area contributed by atoms with Crippen molar-refractivity contribution >= 4 is 0 Å². The van der Waals surface area contributed by atoms with E-state index in [9.17, 15) is 0 Å². The van der Waals surface area contributed by atoms with E-state index in [0.29, 0.717) is 0 Å².